The Labute approximate surface area is 92.1 Å². The average Bonchev–Trinajstić information content (AvgIpc) is 2.97. The van der Waals surface area contributed by atoms with Crippen LogP contribution in [-0.4, -0.2) is 25.3 Å². The first kappa shape index (κ1) is 12.5. The van der Waals surface area contributed by atoms with E-state index in [4.69, 9.17) is 9.47 Å². The van der Waals surface area contributed by atoms with Crippen LogP contribution in [0.1, 0.15) is 46.0 Å². The van der Waals surface area contributed by atoms with Crippen molar-refractivity contribution in [2.24, 2.45) is 5.92 Å². The molecule has 3 atom stereocenters. The third kappa shape index (κ3) is 3.82. The maximum atomic E-state index is 11.7. The smallest absolute Gasteiger partial charge is 0.309 e. The van der Waals surface area contributed by atoms with Crippen LogP contribution in [0.15, 0.2) is 0 Å². The summed E-state index contributed by atoms with van der Waals surface area (Å²) in [6.07, 6.45) is 5.11. The van der Waals surface area contributed by atoms with E-state index < -0.39 is 0 Å². The molecule has 1 aliphatic rings. The van der Waals surface area contributed by atoms with Crippen LogP contribution in [-0.2, 0) is 14.3 Å². The lowest BCUT2D eigenvalue weighted by Gasteiger charge is -2.13. The van der Waals surface area contributed by atoms with Crippen LogP contribution in [0.2, 0.25) is 0 Å². The molecule has 0 aromatic rings. The van der Waals surface area contributed by atoms with Crippen LogP contribution in [0.25, 0.3) is 0 Å². The highest BCUT2D eigenvalue weighted by Gasteiger charge is 2.41. The topological polar surface area (TPSA) is 35.5 Å². The largest absolute Gasteiger partial charge is 0.459 e. The maximum absolute atomic E-state index is 11.7. The summed E-state index contributed by atoms with van der Waals surface area (Å²) >= 11 is 0. The molecule has 0 aromatic heterocycles. The van der Waals surface area contributed by atoms with Crippen LogP contribution >= 0.6 is 0 Å². The number of hydrogen-bond donors (Lipinski definition) is 0. The highest BCUT2D eigenvalue weighted by Crippen LogP contribution is 2.30. The zero-order valence-electron chi connectivity index (χ0n) is 9.99. The normalized spacial score (nSPS) is 26.1. The predicted molar refractivity (Wildman–Crippen MR) is 58.6 cm³/mol. The van der Waals surface area contributed by atoms with Gasteiger partial charge in [0.15, 0.2) is 0 Å². The minimum Gasteiger partial charge on any atom is -0.459 e. The second kappa shape index (κ2) is 6.11. The standard InChI is InChI=1S/C12H22O3/c1-4-6-7-9(5-2)12(13)15-11-8-10(11)14-3/h9-11H,4-8H2,1-3H3/t9?,10-,11-/m1/s1. The summed E-state index contributed by atoms with van der Waals surface area (Å²) in [5.41, 5.74) is 0. The number of rotatable bonds is 7. The van der Waals surface area contributed by atoms with Crippen LogP contribution in [0.3, 0.4) is 0 Å². The van der Waals surface area contributed by atoms with Crippen molar-refractivity contribution in [2.45, 2.75) is 58.2 Å². The molecule has 1 unspecified atom stereocenters. The van der Waals surface area contributed by atoms with Crippen molar-refractivity contribution < 1.29 is 14.3 Å². The molecule has 0 aromatic carbocycles. The van der Waals surface area contributed by atoms with E-state index in [9.17, 15) is 4.79 Å². The quantitative estimate of drug-likeness (QED) is 0.611. The van der Waals surface area contributed by atoms with Crippen molar-refractivity contribution in [1.29, 1.82) is 0 Å². The number of esters is 1. The molecular formula is C12H22O3. The van der Waals surface area contributed by atoms with E-state index in [1.165, 1.54) is 0 Å². The Hall–Kier alpha value is -0.570. The molecule has 0 N–H and O–H groups in total. The van der Waals surface area contributed by atoms with E-state index in [-0.39, 0.29) is 24.1 Å². The van der Waals surface area contributed by atoms with Gasteiger partial charge >= 0.3 is 5.97 Å². The fraction of sp³-hybridized carbons (Fsp3) is 0.917. The van der Waals surface area contributed by atoms with Crippen molar-refractivity contribution in [3.05, 3.63) is 0 Å². The highest BCUT2D eigenvalue weighted by molar-refractivity contribution is 5.72. The molecule has 1 fully saturated rings. The van der Waals surface area contributed by atoms with Crippen LogP contribution in [0, 0.1) is 5.92 Å². The number of carbonyl (C=O) groups excluding carboxylic acids is 1. The second-order valence-corrected chi connectivity index (χ2v) is 4.23. The average molecular weight is 214 g/mol. The van der Waals surface area contributed by atoms with E-state index >= 15 is 0 Å². The molecule has 0 aliphatic heterocycles. The monoisotopic (exact) mass is 214 g/mol. The summed E-state index contributed by atoms with van der Waals surface area (Å²) < 4.78 is 10.4. The van der Waals surface area contributed by atoms with Gasteiger partial charge in [0.05, 0.1) is 12.0 Å². The van der Waals surface area contributed by atoms with Gasteiger partial charge in [-0.1, -0.05) is 26.7 Å². The molecule has 88 valence electrons. The van der Waals surface area contributed by atoms with Gasteiger partial charge in [-0.15, -0.1) is 0 Å². The number of ether oxygens (including phenoxy) is 2. The van der Waals surface area contributed by atoms with Gasteiger partial charge in [0, 0.05) is 13.5 Å². The molecule has 3 heteroatoms. The van der Waals surface area contributed by atoms with Gasteiger partial charge in [-0.2, -0.15) is 0 Å². The lowest BCUT2D eigenvalue weighted by Crippen LogP contribution is -2.19. The Morgan fingerprint density at radius 1 is 1.40 bits per heavy atom. The summed E-state index contributed by atoms with van der Waals surface area (Å²) in [5.74, 6) is 0.0542. The van der Waals surface area contributed by atoms with E-state index in [1.54, 1.807) is 7.11 Å². The van der Waals surface area contributed by atoms with Crippen molar-refractivity contribution in [3.63, 3.8) is 0 Å². The molecule has 0 amide bonds. The zero-order valence-corrected chi connectivity index (χ0v) is 9.99. The van der Waals surface area contributed by atoms with Gasteiger partial charge in [-0.25, -0.2) is 0 Å². The Kier molecular flexibility index (Phi) is 5.09. The third-order valence-corrected chi connectivity index (χ3v) is 2.98. The summed E-state index contributed by atoms with van der Waals surface area (Å²) in [6, 6.07) is 0. The van der Waals surface area contributed by atoms with Crippen molar-refractivity contribution in [1.82, 2.24) is 0 Å². The molecule has 0 bridgehead atoms. The first-order valence-electron chi connectivity index (χ1n) is 5.96. The third-order valence-electron chi connectivity index (χ3n) is 2.98. The minimum atomic E-state index is -0.0319. The van der Waals surface area contributed by atoms with Crippen molar-refractivity contribution >= 4 is 5.97 Å². The Balaban J connectivity index is 2.24. The number of hydrogen-bond acceptors (Lipinski definition) is 3. The van der Waals surface area contributed by atoms with Gasteiger partial charge in [-0.05, 0) is 12.8 Å². The van der Waals surface area contributed by atoms with Gasteiger partial charge in [0.2, 0.25) is 0 Å². The van der Waals surface area contributed by atoms with Gasteiger partial charge < -0.3 is 9.47 Å². The molecule has 1 rings (SSSR count). The Morgan fingerprint density at radius 2 is 2.13 bits per heavy atom. The number of carbonyl (C=O) groups is 1. The predicted octanol–water partition coefficient (Wildman–Crippen LogP) is 2.53. The van der Waals surface area contributed by atoms with E-state index in [1.807, 2.05) is 6.92 Å². The summed E-state index contributed by atoms with van der Waals surface area (Å²) in [6.45, 7) is 4.18. The van der Waals surface area contributed by atoms with Crippen LogP contribution in [0.4, 0.5) is 0 Å². The first-order valence-corrected chi connectivity index (χ1v) is 5.96. The van der Waals surface area contributed by atoms with Crippen LogP contribution in [0.5, 0.6) is 0 Å². The van der Waals surface area contributed by atoms with Gasteiger partial charge in [-0.3, -0.25) is 4.79 Å². The molecule has 0 spiro atoms. The summed E-state index contributed by atoms with van der Waals surface area (Å²) in [5, 5.41) is 0. The first-order chi connectivity index (χ1) is 7.22. The summed E-state index contributed by atoms with van der Waals surface area (Å²) in [4.78, 5) is 11.7. The minimum absolute atomic E-state index is 0.0261. The van der Waals surface area contributed by atoms with Gasteiger partial charge in [0.25, 0.3) is 0 Å². The lowest BCUT2D eigenvalue weighted by molar-refractivity contribution is -0.151. The molecule has 0 saturated heterocycles. The Bertz CT molecular complexity index is 203. The molecular weight excluding hydrogens is 192 g/mol. The number of methoxy groups -OCH3 is 1. The zero-order chi connectivity index (χ0) is 11.3. The molecule has 0 radical (unpaired) electrons. The maximum Gasteiger partial charge on any atom is 0.309 e. The van der Waals surface area contributed by atoms with Crippen molar-refractivity contribution in [3.8, 4) is 0 Å². The molecule has 15 heavy (non-hydrogen) atoms. The fourth-order valence-electron chi connectivity index (χ4n) is 1.71. The van der Waals surface area contributed by atoms with Gasteiger partial charge in [0.1, 0.15) is 6.10 Å². The Morgan fingerprint density at radius 3 is 2.60 bits per heavy atom. The molecule has 3 nitrogen and oxygen atoms in total. The van der Waals surface area contributed by atoms with Crippen LogP contribution < -0.4 is 0 Å². The second-order valence-electron chi connectivity index (χ2n) is 4.23. The van der Waals surface area contributed by atoms with Crippen molar-refractivity contribution in [2.75, 3.05) is 7.11 Å². The fourth-order valence-corrected chi connectivity index (χ4v) is 1.71. The number of unbranched alkanes of at least 4 members (excludes halogenated alkanes) is 1. The molecule has 1 saturated carbocycles. The molecule has 1 aliphatic carbocycles. The van der Waals surface area contributed by atoms with E-state index in [0.29, 0.717) is 0 Å². The van der Waals surface area contributed by atoms with E-state index in [2.05, 4.69) is 6.92 Å². The molecule has 0 heterocycles. The lowest BCUT2D eigenvalue weighted by atomic mass is 10.00. The summed E-state index contributed by atoms with van der Waals surface area (Å²) in [7, 11) is 1.66. The SMILES string of the molecule is CCCCC(CC)C(=O)O[C@@H]1C[C@H]1OC. The van der Waals surface area contributed by atoms with E-state index in [0.717, 1.165) is 32.1 Å². The highest BCUT2D eigenvalue weighted by atomic mass is 16.6.